The van der Waals surface area contributed by atoms with Crippen molar-refractivity contribution < 1.29 is 4.74 Å². The maximum Gasteiger partial charge on any atom is 0.108 e. The Kier molecular flexibility index (Phi) is 9.32. The molecule has 0 aromatic heterocycles. The minimum atomic E-state index is 0.302. The Morgan fingerprint density at radius 2 is 1.96 bits per heavy atom. The molecule has 25 heavy (non-hydrogen) atoms. The monoisotopic (exact) mass is 338 g/mol. The summed E-state index contributed by atoms with van der Waals surface area (Å²) >= 11 is 0. The maximum absolute atomic E-state index is 5.39. The zero-order valence-corrected chi connectivity index (χ0v) is 16.9. The Morgan fingerprint density at radius 1 is 1.20 bits per heavy atom. The minimum absolute atomic E-state index is 0.302. The van der Waals surface area contributed by atoms with Gasteiger partial charge in [-0.1, -0.05) is 72.9 Å². The summed E-state index contributed by atoms with van der Waals surface area (Å²) in [4.78, 5) is 0. The van der Waals surface area contributed by atoms with Gasteiger partial charge in [0.25, 0.3) is 0 Å². The van der Waals surface area contributed by atoms with Crippen LogP contribution in [0.15, 0.2) is 58.7 Å². The summed E-state index contributed by atoms with van der Waals surface area (Å²) in [6.45, 7) is 14.2. The average molecular weight is 339 g/mol. The SMILES string of the molecule is CC#CCOC/C=C(C)/C=C/C=C(C)/C=C/C1=C(C)CCCC1(C)C. The summed E-state index contributed by atoms with van der Waals surface area (Å²) in [5.74, 6) is 5.71. The molecule has 1 heteroatoms. The Morgan fingerprint density at radius 3 is 2.64 bits per heavy atom. The van der Waals surface area contributed by atoms with E-state index in [1.807, 2.05) is 6.92 Å². The smallest absolute Gasteiger partial charge is 0.108 e. The summed E-state index contributed by atoms with van der Waals surface area (Å²) < 4.78 is 5.39. The molecule has 0 amide bonds. The van der Waals surface area contributed by atoms with Gasteiger partial charge in [0.2, 0.25) is 0 Å². The highest BCUT2D eigenvalue weighted by molar-refractivity contribution is 5.37. The first-order valence-corrected chi connectivity index (χ1v) is 9.24. The van der Waals surface area contributed by atoms with Crippen LogP contribution in [0.3, 0.4) is 0 Å². The molecular formula is C24H34O. The van der Waals surface area contributed by atoms with Crippen molar-refractivity contribution in [2.45, 2.75) is 60.8 Å². The standard InChI is InChI=1S/C24H34O/c1-7-8-18-25-19-16-21(3)12-9-11-20(2)14-15-23-22(4)13-10-17-24(23,5)6/h9,11-12,14-16H,10,13,17-19H2,1-6H3/b12-9+,15-14+,20-11+,21-16+. The van der Waals surface area contributed by atoms with Crippen molar-refractivity contribution >= 4 is 0 Å². The molecule has 0 unspecified atom stereocenters. The van der Waals surface area contributed by atoms with Gasteiger partial charge in [0.05, 0.1) is 6.61 Å². The topological polar surface area (TPSA) is 9.23 Å². The third-order valence-electron chi connectivity index (χ3n) is 4.65. The van der Waals surface area contributed by atoms with Crippen LogP contribution in [0.1, 0.15) is 60.8 Å². The van der Waals surface area contributed by atoms with Gasteiger partial charge in [0.15, 0.2) is 0 Å². The van der Waals surface area contributed by atoms with Crippen LogP contribution >= 0.6 is 0 Å². The summed E-state index contributed by atoms with van der Waals surface area (Å²) in [7, 11) is 0. The van der Waals surface area contributed by atoms with Crippen molar-refractivity contribution in [1.82, 2.24) is 0 Å². The first-order chi connectivity index (χ1) is 11.9. The molecule has 0 saturated heterocycles. The van der Waals surface area contributed by atoms with Gasteiger partial charge in [-0.2, -0.15) is 0 Å². The third-order valence-corrected chi connectivity index (χ3v) is 4.65. The fourth-order valence-corrected chi connectivity index (χ4v) is 3.07. The second-order valence-electron chi connectivity index (χ2n) is 7.42. The van der Waals surface area contributed by atoms with E-state index in [0.29, 0.717) is 18.6 Å². The number of hydrogen-bond donors (Lipinski definition) is 0. The van der Waals surface area contributed by atoms with E-state index < -0.39 is 0 Å². The van der Waals surface area contributed by atoms with Crippen molar-refractivity contribution in [3.63, 3.8) is 0 Å². The van der Waals surface area contributed by atoms with E-state index in [2.05, 4.69) is 82.9 Å². The zero-order chi connectivity index (χ0) is 18.7. The van der Waals surface area contributed by atoms with Crippen LogP contribution in [-0.2, 0) is 4.74 Å². The number of hydrogen-bond acceptors (Lipinski definition) is 1. The average Bonchev–Trinajstić information content (AvgIpc) is 2.53. The van der Waals surface area contributed by atoms with Crippen LogP contribution in [0.2, 0.25) is 0 Å². The number of ether oxygens (including phenoxy) is 1. The Hall–Kier alpha value is -1.78. The maximum atomic E-state index is 5.39. The van der Waals surface area contributed by atoms with Crippen LogP contribution in [0.4, 0.5) is 0 Å². The van der Waals surface area contributed by atoms with Gasteiger partial charge < -0.3 is 4.74 Å². The lowest BCUT2D eigenvalue weighted by Crippen LogP contribution is -2.19. The summed E-state index contributed by atoms with van der Waals surface area (Å²) in [6.07, 6.45) is 16.8. The lowest BCUT2D eigenvalue weighted by atomic mass is 9.72. The Balaban J connectivity index is 2.60. The molecular weight excluding hydrogens is 304 g/mol. The van der Waals surface area contributed by atoms with E-state index in [1.165, 1.54) is 36.0 Å². The van der Waals surface area contributed by atoms with Crippen molar-refractivity contribution in [3.8, 4) is 11.8 Å². The summed E-state index contributed by atoms with van der Waals surface area (Å²) in [5, 5.41) is 0. The lowest BCUT2D eigenvalue weighted by Gasteiger charge is -2.32. The zero-order valence-electron chi connectivity index (χ0n) is 16.9. The van der Waals surface area contributed by atoms with Crippen LogP contribution in [0.25, 0.3) is 0 Å². The minimum Gasteiger partial charge on any atom is -0.365 e. The third kappa shape index (κ3) is 8.23. The molecule has 0 bridgehead atoms. The van der Waals surface area contributed by atoms with Crippen molar-refractivity contribution in [2.24, 2.45) is 5.41 Å². The van der Waals surface area contributed by atoms with Gasteiger partial charge in [-0.15, -0.1) is 5.92 Å². The van der Waals surface area contributed by atoms with Crippen LogP contribution in [0, 0.1) is 17.3 Å². The second kappa shape index (κ2) is 11.0. The van der Waals surface area contributed by atoms with Crippen LogP contribution < -0.4 is 0 Å². The van der Waals surface area contributed by atoms with Gasteiger partial charge in [0, 0.05) is 0 Å². The predicted molar refractivity (Wildman–Crippen MR) is 110 cm³/mol. The van der Waals surface area contributed by atoms with E-state index in [1.54, 1.807) is 5.57 Å². The highest BCUT2D eigenvalue weighted by atomic mass is 16.5. The molecule has 0 fully saturated rings. The molecule has 1 nitrogen and oxygen atoms in total. The molecule has 0 N–H and O–H groups in total. The summed E-state index contributed by atoms with van der Waals surface area (Å²) in [6, 6.07) is 0. The number of rotatable bonds is 7. The molecule has 136 valence electrons. The van der Waals surface area contributed by atoms with Crippen molar-refractivity contribution in [2.75, 3.05) is 13.2 Å². The van der Waals surface area contributed by atoms with Crippen LogP contribution in [0.5, 0.6) is 0 Å². The van der Waals surface area contributed by atoms with E-state index >= 15 is 0 Å². The second-order valence-corrected chi connectivity index (χ2v) is 7.42. The molecule has 1 rings (SSSR count). The lowest BCUT2D eigenvalue weighted by molar-refractivity contribution is 0.199. The van der Waals surface area contributed by atoms with E-state index in [9.17, 15) is 0 Å². The molecule has 1 aliphatic rings. The Bertz CT molecular complexity index is 639. The Labute approximate surface area is 155 Å². The van der Waals surface area contributed by atoms with Gasteiger partial charge in [-0.3, -0.25) is 0 Å². The summed E-state index contributed by atoms with van der Waals surface area (Å²) in [5.41, 5.74) is 5.82. The molecule has 0 aromatic rings. The van der Waals surface area contributed by atoms with Gasteiger partial charge in [-0.25, -0.2) is 0 Å². The largest absolute Gasteiger partial charge is 0.365 e. The molecule has 0 radical (unpaired) electrons. The fourth-order valence-electron chi connectivity index (χ4n) is 3.07. The molecule has 0 aromatic carbocycles. The van der Waals surface area contributed by atoms with Crippen LogP contribution in [-0.4, -0.2) is 13.2 Å². The quantitative estimate of drug-likeness (QED) is 0.290. The molecule has 0 saturated carbocycles. The molecule has 0 heterocycles. The molecule has 0 atom stereocenters. The van der Waals surface area contributed by atoms with E-state index in [4.69, 9.17) is 4.74 Å². The normalized spacial score (nSPS) is 18.8. The van der Waals surface area contributed by atoms with Gasteiger partial charge in [0.1, 0.15) is 6.61 Å². The van der Waals surface area contributed by atoms with Gasteiger partial charge in [-0.05, 0) is 57.9 Å². The molecule has 0 spiro atoms. The highest BCUT2D eigenvalue weighted by Crippen LogP contribution is 2.40. The molecule has 0 aliphatic heterocycles. The molecule has 1 aliphatic carbocycles. The fraction of sp³-hybridized carbons (Fsp3) is 0.500. The van der Waals surface area contributed by atoms with E-state index in [-0.39, 0.29) is 0 Å². The van der Waals surface area contributed by atoms with Gasteiger partial charge >= 0.3 is 0 Å². The van der Waals surface area contributed by atoms with Crippen molar-refractivity contribution in [1.29, 1.82) is 0 Å². The predicted octanol–water partition coefficient (Wildman–Crippen LogP) is 6.56. The first kappa shape index (κ1) is 21.3. The number of allylic oxidation sites excluding steroid dienone is 9. The first-order valence-electron chi connectivity index (χ1n) is 9.24. The van der Waals surface area contributed by atoms with E-state index in [0.717, 1.165) is 0 Å². The van der Waals surface area contributed by atoms with Crippen molar-refractivity contribution in [3.05, 3.63) is 58.7 Å². The highest BCUT2D eigenvalue weighted by Gasteiger charge is 2.26.